The van der Waals surface area contributed by atoms with Crippen LogP contribution in [-0.2, 0) is 5.41 Å². The molecule has 6 aromatic carbocycles. The molecule has 0 saturated carbocycles. The van der Waals surface area contributed by atoms with Crippen molar-refractivity contribution < 1.29 is 12.3 Å². The molecule has 0 atom stereocenters. The number of fused-ring (bicyclic) bond motifs is 2. The Balaban J connectivity index is 1.28. The number of benzene rings is 6. The Morgan fingerprint density at radius 2 is 1.29 bits per heavy atom. The quantitative estimate of drug-likeness (QED) is 0.174. The Kier molecular flexibility index (Phi) is 5.47. The second-order valence-electron chi connectivity index (χ2n) is 13.6. The largest absolute Gasteiger partial charge is 0.412 e. The van der Waals surface area contributed by atoms with Crippen LogP contribution in [-0.4, -0.2) is 26.1 Å². The summed E-state index contributed by atoms with van der Waals surface area (Å²) in [6.45, 7) is 6.04. The standard InChI is InChI=1S/C45H40BN3/c1-45(2,3)40-28-36(27-35-19-12-13-20-37(35)40)41-29-34(25-26-47-41)33-23-24-42-43(30-33)49(5)46(48(42)4)44-38(31-15-8-6-9-16-31)21-14-22-39(44)32-17-10-7-11-18-32/h6-30H,1-5H3/i6D,7D,8D,9D,10D,11D,15D,16D,17D. The number of nitrogens with zero attached hydrogens (tertiary/aromatic N) is 3. The van der Waals surface area contributed by atoms with Crippen molar-refractivity contribution in [3.05, 3.63) is 157 Å². The monoisotopic (exact) mass is 642 g/mol. The van der Waals surface area contributed by atoms with Crippen molar-refractivity contribution in [2.75, 3.05) is 23.7 Å². The molecule has 49 heavy (non-hydrogen) atoms. The van der Waals surface area contributed by atoms with Gasteiger partial charge >= 0.3 is 6.98 Å². The van der Waals surface area contributed by atoms with Crippen LogP contribution in [0.4, 0.5) is 11.4 Å². The molecular weight excluding hydrogens is 593 g/mol. The van der Waals surface area contributed by atoms with E-state index in [1.807, 2.05) is 37.2 Å². The number of pyridine rings is 1. The zero-order chi connectivity index (χ0) is 41.5. The van der Waals surface area contributed by atoms with Gasteiger partial charge < -0.3 is 9.62 Å². The Hall–Kier alpha value is -5.61. The second kappa shape index (κ2) is 12.1. The van der Waals surface area contributed by atoms with Crippen LogP contribution in [0.25, 0.3) is 55.4 Å². The van der Waals surface area contributed by atoms with E-state index in [-0.39, 0.29) is 46.8 Å². The van der Waals surface area contributed by atoms with Gasteiger partial charge in [0.05, 0.1) is 18.0 Å². The highest BCUT2D eigenvalue weighted by molar-refractivity contribution is 6.84. The average molecular weight is 643 g/mol. The van der Waals surface area contributed by atoms with Gasteiger partial charge in [-0.3, -0.25) is 4.98 Å². The van der Waals surface area contributed by atoms with Gasteiger partial charge in [-0.25, -0.2) is 0 Å². The van der Waals surface area contributed by atoms with Crippen LogP contribution in [0.2, 0.25) is 0 Å². The number of hydrogen-bond donors (Lipinski definition) is 0. The Labute approximate surface area is 303 Å². The second-order valence-corrected chi connectivity index (χ2v) is 13.6. The molecule has 0 N–H and O–H groups in total. The molecule has 4 heteroatoms. The molecule has 238 valence electrons. The van der Waals surface area contributed by atoms with Crippen molar-refractivity contribution in [1.29, 1.82) is 0 Å². The van der Waals surface area contributed by atoms with E-state index in [9.17, 15) is 0 Å². The molecule has 2 heterocycles. The Morgan fingerprint density at radius 3 is 2.08 bits per heavy atom. The van der Waals surface area contributed by atoms with Crippen molar-refractivity contribution in [3.63, 3.8) is 0 Å². The fourth-order valence-electron chi connectivity index (χ4n) is 7.15. The van der Waals surface area contributed by atoms with Gasteiger partial charge in [-0.05, 0) is 111 Å². The minimum absolute atomic E-state index is 0.00903. The summed E-state index contributed by atoms with van der Waals surface area (Å²) in [5.74, 6) is 0. The van der Waals surface area contributed by atoms with Gasteiger partial charge in [0.15, 0.2) is 0 Å². The van der Waals surface area contributed by atoms with Crippen molar-refractivity contribution in [3.8, 4) is 44.6 Å². The molecule has 1 aliphatic heterocycles. The molecule has 3 nitrogen and oxygen atoms in total. The van der Waals surface area contributed by atoms with Gasteiger partial charge in [-0.15, -0.1) is 0 Å². The van der Waals surface area contributed by atoms with E-state index >= 15 is 0 Å². The van der Waals surface area contributed by atoms with Gasteiger partial charge in [-0.1, -0.05) is 130 Å². The lowest BCUT2D eigenvalue weighted by atomic mass is 9.60. The summed E-state index contributed by atoms with van der Waals surface area (Å²) in [7, 11) is 3.85. The normalized spacial score (nSPS) is 15.4. The molecular formula is C45H40BN3. The minimum Gasteiger partial charge on any atom is -0.393 e. The SMILES string of the molecule is [2H]c1cc(-c2cccc(-c3c([2H])c([2H])c([2H])c([2H])c3[2H])c2B2N(C)c3ccc(-c4ccnc(-c5cc(C(C)(C)C)c6ccccc6c5)c4)cc3N2C)c([2H])c([2H])c1[2H]. The van der Waals surface area contributed by atoms with Crippen LogP contribution in [0.1, 0.15) is 38.7 Å². The van der Waals surface area contributed by atoms with E-state index in [2.05, 4.69) is 80.2 Å². The molecule has 1 aliphatic rings. The lowest BCUT2D eigenvalue weighted by molar-refractivity contribution is 0.596. The maximum atomic E-state index is 8.94. The third-order valence-corrected chi connectivity index (χ3v) is 9.50. The highest BCUT2D eigenvalue weighted by Gasteiger charge is 2.41. The topological polar surface area (TPSA) is 19.4 Å². The van der Waals surface area contributed by atoms with Gasteiger partial charge in [0.1, 0.15) is 0 Å². The summed E-state index contributed by atoms with van der Waals surface area (Å²) in [5.41, 5.74) is 8.32. The summed E-state index contributed by atoms with van der Waals surface area (Å²) in [6, 6.07) is 26.3. The summed E-state index contributed by atoms with van der Waals surface area (Å²) in [5, 5.41) is 2.37. The molecule has 0 amide bonds. The van der Waals surface area contributed by atoms with Crippen molar-refractivity contribution >= 4 is 34.6 Å². The van der Waals surface area contributed by atoms with Gasteiger partial charge in [0.25, 0.3) is 0 Å². The number of hydrogen-bond acceptors (Lipinski definition) is 3. The van der Waals surface area contributed by atoms with Crippen LogP contribution < -0.4 is 15.1 Å². The minimum atomic E-state index is -0.617. The highest BCUT2D eigenvalue weighted by atomic mass is 15.3. The maximum absolute atomic E-state index is 8.94. The lowest BCUT2D eigenvalue weighted by Gasteiger charge is -2.28. The van der Waals surface area contributed by atoms with Crippen molar-refractivity contribution in [2.24, 2.45) is 0 Å². The van der Waals surface area contributed by atoms with E-state index in [1.165, 1.54) is 17.0 Å². The average Bonchev–Trinajstić information content (AvgIpc) is 3.46. The van der Waals surface area contributed by atoms with E-state index in [1.54, 1.807) is 18.2 Å². The highest BCUT2D eigenvalue weighted by Crippen LogP contribution is 2.42. The van der Waals surface area contributed by atoms with E-state index in [0.717, 1.165) is 39.1 Å². The van der Waals surface area contributed by atoms with E-state index < -0.39 is 31.2 Å². The fourth-order valence-corrected chi connectivity index (χ4v) is 7.15. The van der Waals surface area contributed by atoms with Crippen LogP contribution in [0.5, 0.6) is 0 Å². The predicted molar refractivity (Wildman–Crippen MR) is 211 cm³/mol. The molecule has 1 aromatic heterocycles. The molecule has 0 spiro atoms. The first-order chi connectivity index (χ1) is 27.5. The van der Waals surface area contributed by atoms with Gasteiger partial charge in [-0.2, -0.15) is 0 Å². The fraction of sp³-hybridized carbons (Fsp3) is 0.133. The number of aromatic nitrogens is 1. The first-order valence-electron chi connectivity index (χ1n) is 20.9. The smallest absolute Gasteiger partial charge is 0.393 e. The van der Waals surface area contributed by atoms with Crippen molar-refractivity contribution in [1.82, 2.24) is 4.98 Å². The molecule has 0 radical (unpaired) electrons. The Morgan fingerprint density at radius 1 is 0.592 bits per heavy atom. The number of rotatable bonds is 5. The third-order valence-electron chi connectivity index (χ3n) is 9.50. The summed E-state index contributed by atoms with van der Waals surface area (Å²) >= 11 is 0. The predicted octanol–water partition coefficient (Wildman–Crippen LogP) is 10.5. The Bertz CT molecular complexity index is 2810. The molecule has 0 aliphatic carbocycles. The van der Waals surface area contributed by atoms with E-state index in [0.29, 0.717) is 16.6 Å². The molecule has 0 fully saturated rings. The van der Waals surface area contributed by atoms with E-state index in [4.69, 9.17) is 17.3 Å². The molecule has 8 rings (SSSR count). The zero-order valence-electron chi connectivity index (χ0n) is 37.2. The van der Waals surface area contributed by atoms with Crippen molar-refractivity contribution in [2.45, 2.75) is 26.2 Å². The lowest BCUT2D eigenvalue weighted by Crippen LogP contribution is -2.55. The first kappa shape index (κ1) is 22.1. The van der Waals surface area contributed by atoms with Gasteiger partial charge in [0, 0.05) is 23.1 Å². The zero-order valence-corrected chi connectivity index (χ0v) is 28.2. The van der Waals surface area contributed by atoms with Crippen LogP contribution >= 0.6 is 0 Å². The summed E-state index contributed by atoms with van der Waals surface area (Å²) in [6.07, 6.45) is 1.83. The van der Waals surface area contributed by atoms with Crippen LogP contribution in [0.3, 0.4) is 0 Å². The van der Waals surface area contributed by atoms with Crippen LogP contribution in [0.15, 0.2) is 152 Å². The molecule has 0 saturated heterocycles. The van der Waals surface area contributed by atoms with Crippen LogP contribution in [0, 0.1) is 0 Å². The third kappa shape index (κ3) is 5.48. The summed E-state index contributed by atoms with van der Waals surface area (Å²) < 4.78 is 77.3. The first-order valence-corrected chi connectivity index (χ1v) is 16.4. The molecule has 0 unspecified atom stereocenters. The summed E-state index contributed by atoms with van der Waals surface area (Å²) in [4.78, 5) is 8.91. The molecule has 0 bridgehead atoms. The molecule has 7 aromatic rings. The maximum Gasteiger partial charge on any atom is 0.412 e. The van der Waals surface area contributed by atoms with Gasteiger partial charge in [0.2, 0.25) is 0 Å². The number of anilines is 2.